The van der Waals surface area contributed by atoms with Gasteiger partial charge in [0.25, 0.3) is 11.6 Å². The molecule has 27 heavy (non-hydrogen) atoms. The van der Waals surface area contributed by atoms with Crippen LogP contribution in [0.5, 0.6) is 5.75 Å². The summed E-state index contributed by atoms with van der Waals surface area (Å²) in [7, 11) is 0. The Morgan fingerprint density at radius 3 is 2.41 bits per heavy atom. The van der Waals surface area contributed by atoms with E-state index >= 15 is 0 Å². The predicted octanol–water partition coefficient (Wildman–Crippen LogP) is 3.30. The average Bonchev–Trinajstić information content (AvgIpc) is 2.61. The number of anilines is 1. The molecule has 142 valence electrons. The first-order valence-electron chi connectivity index (χ1n) is 7.53. The summed E-state index contributed by atoms with van der Waals surface area (Å²) in [6.45, 7) is -1.99. The molecule has 0 aromatic heterocycles. The maximum Gasteiger partial charge on any atom is 0.387 e. The van der Waals surface area contributed by atoms with Crippen molar-refractivity contribution >= 4 is 23.3 Å². The van der Waals surface area contributed by atoms with Gasteiger partial charge in [-0.1, -0.05) is 0 Å². The summed E-state index contributed by atoms with van der Waals surface area (Å²) in [5.74, 6) is -1.58. The highest BCUT2D eigenvalue weighted by Crippen LogP contribution is 2.21. The van der Waals surface area contributed by atoms with Crippen LogP contribution in [0, 0.1) is 17.0 Å². The van der Waals surface area contributed by atoms with Crippen molar-refractivity contribution in [2.45, 2.75) is 13.5 Å². The van der Waals surface area contributed by atoms with Crippen LogP contribution in [-0.4, -0.2) is 30.0 Å². The number of carbonyl (C=O) groups excluding carboxylic acids is 2. The fourth-order valence-electron chi connectivity index (χ4n) is 2.07. The van der Waals surface area contributed by atoms with E-state index in [9.17, 15) is 28.5 Å². The number of benzene rings is 2. The number of rotatable bonds is 7. The normalized spacial score (nSPS) is 10.4. The van der Waals surface area contributed by atoms with Gasteiger partial charge in [-0.2, -0.15) is 8.78 Å². The third-order valence-electron chi connectivity index (χ3n) is 3.34. The number of carbonyl (C=O) groups is 2. The Kier molecular flexibility index (Phi) is 6.36. The molecule has 0 saturated heterocycles. The largest absolute Gasteiger partial charge is 0.452 e. The average molecular weight is 380 g/mol. The van der Waals surface area contributed by atoms with Gasteiger partial charge < -0.3 is 14.8 Å². The molecule has 2 aromatic carbocycles. The molecule has 0 unspecified atom stereocenters. The van der Waals surface area contributed by atoms with Crippen LogP contribution >= 0.6 is 0 Å². The van der Waals surface area contributed by atoms with Gasteiger partial charge in [-0.15, -0.1) is 0 Å². The number of nitro groups is 1. The lowest BCUT2D eigenvalue weighted by atomic mass is 10.2. The Bertz CT molecular complexity index is 855. The number of nitro benzene ring substituents is 1. The van der Waals surface area contributed by atoms with E-state index in [0.29, 0.717) is 11.3 Å². The summed E-state index contributed by atoms with van der Waals surface area (Å²) in [5, 5.41) is 13.2. The maximum absolute atomic E-state index is 12.1. The van der Waals surface area contributed by atoms with E-state index in [4.69, 9.17) is 4.74 Å². The second kappa shape index (κ2) is 8.70. The topological polar surface area (TPSA) is 108 Å². The standard InChI is InChI=1S/C17H14F2N2O6/c1-10-8-12(21(24)25)4-7-14(10)20-15(22)9-26-16(23)11-2-5-13(6-3-11)27-17(18)19/h2-8,17H,9H2,1H3,(H,20,22). The number of non-ortho nitro benzene ring substituents is 1. The first kappa shape index (κ1) is 19.8. The molecule has 0 aliphatic carbocycles. The third-order valence-corrected chi connectivity index (χ3v) is 3.34. The van der Waals surface area contributed by atoms with Crippen LogP contribution in [-0.2, 0) is 9.53 Å². The number of aryl methyl sites for hydroxylation is 1. The molecule has 0 aliphatic heterocycles. The summed E-state index contributed by atoms with van der Waals surface area (Å²) in [4.78, 5) is 33.9. The molecule has 2 rings (SSSR count). The second-order valence-electron chi connectivity index (χ2n) is 5.28. The van der Waals surface area contributed by atoms with Gasteiger partial charge in [0.05, 0.1) is 10.5 Å². The van der Waals surface area contributed by atoms with Crippen LogP contribution in [0.1, 0.15) is 15.9 Å². The number of nitrogens with one attached hydrogen (secondary N) is 1. The Balaban J connectivity index is 1.89. The number of halogens is 2. The van der Waals surface area contributed by atoms with Gasteiger partial charge in [-0.25, -0.2) is 4.79 Å². The van der Waals surface area contributed by atoms with Crippen molar-refractivity contribution in [3.05, 3.63) is 63.7 Å². The Morgan fingerprint density at radius 1 is 1.19 bits per heavy atom. The molecule has 0 radical (unpaired) electrons. The van der Waals surface area contributed by atoms with Crippen molar-refractivity contribution in [3.63, 3.8) is 0 Å². The molecule has 1 amide bonds. The third kappa shape index (κ3) is 5.73. The van der Waals surface area contributed by atoms with E-state index in [1.54, 1.807) is 6.92 Å². The van der Waals surface area contributed by atoms with E-state index in [2.05, 4.69) is 10.1 Å². The van der Waals surface area contributed by atoms with E-state index in [0.717, 1.165) is 0 Å². The van der Waals surface area contributed by atoms with E-state index < -0.39 is 30.0 Å². The quantitative estimate of drug-likeness (QED) is 0.449. The molecule has 0 atom stereocenters. The fraction of sp³-hybridized carbons (Fsp3) is 0.176. The van der Waals surface area contributed by atoms with Crippen LogP contribution in [0.3, 0.4) is 0 Å². The summed E-state index contributed by atoms with van der Waals surface area (Å²) in [6.07, 6.45) is 0. The van der Waals surface area contributed by atoms with Gasteiger partial charge in [-0.05, 0) is 42.8 Å². The van der Waals surface area contributed by atoms with Crippen molar-refractivity contribution in [1.82, 2.24) is 0 Å². The highest BCUT2D eigenvalue weighted by Gasteiger charge is 2.13. The van der Waals surface area contributed by atoms with E-state index in [1.165, 1.54) is 42.5 Å². The minimum atomic E-state index is -2.98. The lowest BCUT2D eigenvalue weighted by Gasteiger charge is -2.09. The lowest BCUT2D eigenvalue weighted by Crippen LogP contribution is -2.21. The molecule has 0 fully saturated rings. The molecule has 0 bridgehead atoms. The summed E-state index contributed by atoms with van der Waals surface area (Å²) in [6, 6.07) is 8.68. The predicted molar refractivity (Wildman–Crippen MR) is 89.8 cm³/mol. The van der Waals surface area contributed by atoms with Crippen molar-refractivity contribution in [1.29, 1.82) is 0 Å². The van der Waals surface area contributed by atoms with E-state index in [-0.39, 0.29) is 17.0 Å². The highest BCUT2D eigenvalue weighted by atomic mass is 19.3. The number of alkyl halides is 2. The van der Waals surface area contributed by atoms with Gasteiger partial charge >= 0.3 is 12.6 Å². The van der Waals surface area contributed by atoms with Crippen molar-refractivity contribution in [3.8, 4) is 5.75 Å². The SMILES string of the molecule is Cc1cc([N+](=O)[O-])ccc1NC(=O)COC(=O)c1ccc(OC(F)F)cc1. The van der Waals surface area contributed by atoms with Gasteiger partial charge in [-0.3, -0.25) is 14.9 Å². The smallest absolute Gasteiger partial charge is 0.387 e. The molecule has 0 aliphatic rings. The van der Waals surface area contributed by atoms with Gasteiger partial charge in [0.1, 0.15) is 5.75 Å². The summed E-state index contributed by atoms with van der Waals surface area (Å²) < 4.78 is 33.1. The van der Waals surface area contributed by atoms with Crippen LogP contribution in [0.4, 0.5) is 20.2 Å². The summed E-state index contributed by atoms with van der Waals surface area (Å²) in [5.41, 5.74) is 0.751. The monoisotopic (exact) mass is 380 g/mol. The number of nitrogens with zero attached hydrogens (tertiary/aromatic N) is 1. The number of amides is 1. The Labute approximate surface area is 151 Å². The molecule has 2 aromatic rings. The maximum atomic E-state index is 12.1. The first-order valence-corrected chi connectivity index (χ1v) is 7.53. The minimum Gasteiger partial charge on any atom is -0.452 e. The Hall–Kier alpha value is -3.56. The number of ether oxygens (including phenoxy) is 2. The molecule has 0 heterocycles. The highest BCUT2D eigenvalue weighted by molar-refractivity contribution is 5.96. The summed E-state index contributed by atoms with van der Waals surface area (Å²) >= 11 is 0. The fourth-order valence-corrected chi connectivity index (χ4v) is 2.07. The molecule has 8 nitrogen and oxygen atoms in total. The zero-order chi connectivity index (χ0) is 20.0. The molecule has 0 saturated carbocycles. The zero-order valence-electron chi connectivity index (χ0n) is 14.0. The zero-order valence-corrected chi connectivity index (χ0v) is 14.0. The number of hydrogen-bond donors (Lipinski definition) is 1. The van der Waals surface area contributed by atoms with Crippen LogP contribution in [0.25, 0.3) is 0 Å². The molecule has 0 spiro atoms. The van der Waals surface area contributed by atoms with Crippen molar-refractivity contribution < 1.29 is 32.8 Å². The van der Waals surface area contributed by atoms with Crippen LogP contribution in [0.15, 0.2) is 42.5 Å². The lowest BCUT2D eigenvalue weighted by molar-refractivity contribution is -0.384. The van der Waals surface area contributed by atoms with Gasteiger partial charge in [0.2, 0.25) is 0 Å². The molecular formula is C17H14F2N2O6. The van der Waals surface area contributed by atoms with Crippen LogP contribution in [0.2, 0.25) is 0 Å². The number of hydrogen-bond acceptors (Lipinski definition) is 6. The van der Waals surface area contributed by atoms with Gasteiger partial charge in [0.15, 0.2) is 6.61 Å². The molecule has 1 N–H and O–H groups in total. The van der Waals surface area contributed by atoms with Crippen molar-refractivity contribution in [2.24, 2.45) is 0 Å². The van der Waals surface area contributed by atoms with E-state index in [1.807, 2.05) is 0 Å². The van der Waals surface area contributed by atoms with Crippen molar-refractivity contribution in [2.75, 3.05) is 11.9 Å². The van der Waals surface area contributed by atoms with Gasteiger partial charge in [0, 0.05) is 17.8 Å². The van der Waals surface area contributed by atoms with Crippen LogP contribution < -0.4 is 10.1 Å². The molecular weight excluding hydrogens is 366 g/mol. The first-order chi connectivity index (χ1) is 12.8. The molecule has 10 heteroatoms. The second-order valence-corrected chi connectivity index (χ2v) is 5.28. The minimum absolute atomic E-state index is 0.0518. The Morgan fingerprint density at radius 2 is 1.85 bits per heavy atom. The number of esters is 1.